The minimum atomic E-state index is -0.288. The van der Waals surface area contributed by atoms with Gasteiger partial charge < -0.3 is 14.0 Å². The lowest BCUT2D eigenvalue weighted by molar-refractivity contribution is 0.137. The fraction of sp³-hybridized carbons (Fsp3) is 0.394. The highest BCUT2D eigenvalue weighted by Crippen LogP contribution is 2.55. The number of aryl methyl sites for hydroxylation is 1. The van der Waals surface area contributed by atoms with E-state index in [4.69, 9.17) is 9.47 Å². The fourth-order valence-electron chi connectivity index (χ4n) is 6.54. The molecule has 1 aliphatic rings. The molecule has 194 valence electrons. The molecule has 0 radical (unpaired) electrons. The highest BCUT2D eigenvalue weighted by Gasteiger charge is 2.46. The first kappa shape index (κ1) is 25.5. The third kappa shape index (κ3) is 4.57. The van der Waals surface area contributed by atoms with Gasteiger partial charge in [0.25, 0.3) is 0 Å². The van der Waals surface area contributed by atoms with Crippen LogP contribution in [0.3, 0.4) is 0 Å². The summed E-state index contributed by atoms with van der Waals surface area (Å²) >= 11 is 0. The van der Waals surface area contributed by atoms with E-state index in [2.05, 4.69) is 62.6 Å². The van der Waals surface area contributed by atoms with Crippen molar-refractivity contribution in [3.63, 3.8) is 0 Å². The number of rotatable bonds is 8. The van der Waals surface area contributed by atoms with Gasteiger partial charge in [0.15, 0.2) is 0 Å². The molecular formula is C33H38FNO2. The Morgan fingerprint density at radius 2 is 1.76 bits per heavy atom. The Bertz CT molecular complexity index is 1410. The number of benzene rings is 3. The molecule has 1 aromatic heterocycles. The number of halogens is 1. The van der Waals surface area contributed by atoms with Crippen LogP contribution in [0.5, 0.6) is 5.75 Å². The molecule has 3 aromatic carbocycles. The van der Waals surface area contributed by atoms with Crippen LogP contribution in [0.4, 0.5) is 4.39 Å². The first-order valence-electron chi connectivity index (χ1n) is 13.3. The molecule has 1 fully saturated rings. The molecule has 4 heteroatoms. The average molecular weight is 500 g/mol. The Morgan fingerprint density at radius 1 is 1.03 bits per heavy atom. The van der Waals surface area contributed by atoms with Crippen LogP contribution >= 0.6 is 0 Å². The quantitative estimate of drug-likeness (QED) is 0.244. The Hall–Kier alpha value is -3.11. The van der Waals surface area contributed by atoms with E-state index in [-0.39, 0.29) is 16.6 Å². The number of fused-ring (bicyclic) bond motifs is 1. The summed E-state index contributed by atoms with van der Waals surface area (Å²) in [6, 6.07) is 22.0. The Balaban J connectivity index is 1.81. The number of nitrogens with zero attached hydrogens (tertiary/aromatic N) is 1. The predicted octanol–water partition coefficient (Wildman–Crippen LogP) is 8.27. The van der Waals surface area contributed by atoms with Crippen LogP contribution < -0.4 is 4.74 Å². The van der Waals surface area contributed by atoms with Crippen molar-refractivity contribution in [1.29, 1.82) is 0 Å². The number of hydrogen-bond donors (Lipinski definition) is 0. The zero-order valence-corrected chi connectivity index (χ0v) is 22.9. The molecule has 37 heavy (non-hydrogen) atoms. The van der Waals surface area contributed by atoms with E-state index < -0.39 is 0 Å². The summed E-state index contributed by atoms with van der Waals surface area (Å²) in [5, 5.41) is 1.16. The van der Waals surface area contributed by atoms with Gasteiger partial charge in [-0.05, 0) is 78.1 Å². The monoisotopic (exact) mass is 499 g/mol. The van der Waals surface area contributed by atoms with E-state index in [9.17, 15) is 4.39 Å². The molecule has 4 aromatic rings. The highest BCUT2D eigenvalue weighted by molar-refractivity contribution is 5.94. The maximum atomic E-state index is 14.4. The van der Waals surface area contributed by atoms with Gasteiger partial charge in [-0.1, -0.05) is 64.1 Å². The van der Waals surface area contributed by atoms with Crippen molar-refractivity contribution >= 4 is 10.9 Å². The van der Waals surface area contributed by atoms with E-state index >= 15 is 0 Å². The van der Waals surface area contributed by atoms with E-state index in [1.54, 1.807) is 13.2 Å². The minimum absolute atomic E-state index is 0.0184. The van der Waals surface area contributed by atoms with Crippen LogP contribution in [0, 0.1) is 18.7 Å². The molecule has 0 atom stereocenters. The molecule has 0 N–H and O–H groups in total. The maximum absolute atomic E-state index is 14.4. The second kappa shape index (κ2) is 9.64. The predicted molar refractivity (Wildman–Crippen MR) is 149 cm³/mol. The molecule has 0 unspecified atom stereocenters. The topological polar surface area (TPSA) is 23.4 Å². The molecule has 3 nitrogen and oxygen atoms in total. The summed E-state index contributed by atoms with van der Waals surface area (Å²) < 4.78 is 29.0. The van der Waals surface area contributed by atoms with E-state index in [1.165, 1.54) is 11.3 Å². The van der Waals surface area contributed by atoms with E-state index in [0.717, 1.165) is 40.7 Å². The summed E-state index contributed by atoms with van der Waals surface area (Å²) in [4.78, 5) is 0. The molecule has 0 aliphatic heterocycles. The van der Waals surface area contributed by atoms with Crippen LogP contribution in [0.2, 0.25) is 0 Å². The fourth-order valence-corrected chi connectivity index (χ4v) is 6.54. The van der Waals surface area contributed by atoms with Crippen molar-refractivity contribution in [1.82, 2.24) is 4.57 Å². The van der Waals surface area contributed by atoms with Crippen molar-refractivity contribution in [2.45, 2.75) is 64.9 Å². The zero-order chi connectivity index (χ0) is 26.4. The SMILES string of the molecule is COCC(C)(C)c1c(C2(C)CC(C)C2)c2c(OCc3ccccc3)cccc2n1-c1ccc(F)c(C)c1. The van der Waals surface area contributed by atoms with Gasteiger partial charge in [0.2, 0.25) is 0 Å². The molecular weight excluding hydrogens is 461 g/mol. The average Bonchev–Trinajstić information content (AvgIpc) is 3.22. The number of aromatic nitrogens is 1. The maximum Gasteiger partial charge on any atom is 0.129 e. The lowest BCUT2D eigenvalue weighted by atomic mass is 9.58. The summed E-state index contributed by atoms with van der Waals surface area (Å²) in [5.74, 6) is 1.38. The molecule has 1 heterocycles. The van der Waals surface area contributed by atoms with E-state index in [0.29, 0.717) is 24.7 Å². The smallest absolute Gasteiger partial charge is 0.129 e. The molecule has 1 aliphatic carbocycles. The van der Waals surface area contributed by atoms with Crippen LogP contribution in [-0.2, 0) is 22.2 Å². The highest BCUT2D eigenvalue weighted by atomic mass is 19.1. The van der Waals surface area contributed by atoms with Crippen molar-refractivity contribution in [2.24, 2.45) is 5.92 Å². The molecule has 0 spiro atoms. The van der Waals surface area contributed by atoms with Gasteiger partial charge >= 0.3 is 0 Å². The zero-order valence-electron chi connectivity index (χ0n) is 22.9. The standard InChI is InChI=1S/C33H38FNO2/c1-22-18-33(5,19-22)30-29-27(13-10-14-28(29)37-20-24-11-8-7-9-12-24)35(31(30)32(3,4)21-36-6)25-15-16-26(34)23(2)17-25/h7-17,22H,18-21H2,1-6H3. The molecule has 1 saturated carbocycles. The summed E-state index contributed by atoms with van der Waals surface area (Å²) in [6.45, 7) is 12.1. The summed E-state index contributed by atoms with van der Waals surface area (Å²) in [7, 11) is 1.76. The van der Waals surface area contributed by atoms with Crippen LogP contribution in [0.25, 0.3) is 16.6 Å². The second-order valence-corrected chi connectivity index (χ2v) is 11.8. The van der Waals surface area contributed by atoms with Crippen LogP contribution in [-0.4, -0.2) is 18.3 Å². The van der Waals surface area contributed by atoms with Gasteiger partial charge in [-0.25, -0.2) is 4.39 Å². The molecule has 5 rings (SSSR count). The summed E-state index contributed by atoms with van der Waals surface area (Å²) in [6.07, 6.45) is 2.25. The number of methoxy groups -OCH3 is 1. The summed E-state index contributed by atoms with van der Waals surface area (Å²) in [5.41, 5.74) is 6.12. The van der Waals surface area contributed by atoms with Crippen molar-refractivity contribution < 1.29 is 13.9 Å². The minimum Gasteiger partial charge on any atom is -0.488 e. The Labute approximate surface area is 220 Å². The first-order chi connectivity index (χ1) is 17.6. The van der Waals surface area contributed by atoms with Gasteiger partial charge in [0.05, 0.1) is 12.1 Å². The van der Waals surface area contributed by atoms with Crippen molar-refractivity contribution in [2.75, 3.05) is 13.7 Å². The second-order valence-electron chi connectivity index (χ2n) is 11.8. The van der Waals surface area contributed by atoms with Gasteiger partial charge in [-0.15, -0.1) is 0 Å². The third-order valence-electron chi connectivity index (χ3n) is 7.94. The van der Waals surface area contributed by atoms with Crippen molar-refractivity contribution in [3.8, 4) is 11.4 Å². The number of hydrogen-bond acceptors (Lipinski definition) is 2. The van der Waals surface area contributed by atoms with Gasteiger partial charge in [-0.3, -0.25) is 0 Å². The molecule has 0 saturated heterocycles. The van der Waals surface area contributed by atoms with Gasteiger partial charge in [0.1, 0.15) is 18.2 Å². The van der Waals surface area contributed by atoms with Crippen molar-refractivity contribution in [3.05, 3.63) is 94.9 Å². The normalized spacial score (nSPS) is 19.7. The largest absolute Gasteiger partial charge is 0.488 e. The van der Waals surface area contributed by atoms with Crippen LogP contribution in [0.1, 0.15) is 62.9 Å². The van der Waals surface area contributed by atoms with Crippen LogP contribution in [0.15, 0.2) is 66.7 Å². The number of ether oxygens (including phenoxy) is 2. The lowest BCUT2D eigenvalue weighted by Gasteiger charge is -2.46. The van der Waals surface area contributed by atoms with Gasteiger partial charge in [-0.2, -0.15) is 0 Å². The first-order valence-corrected chi connectivity index (χ1v) is 13.3. The Morgan fingerprint density at radius 3 is 2.41 bits per heavy atom. The molecule has 0 amide bonds. The lowest BCUT2D eigenvalue weighted by Crippen LogP contribution is -2.40. The third-order valence-corrected chi connectivity index (χ3v) is 7.94. The molecule has 0 bridgehead atoms. The van der Waals surface area contributed by atoms with E-state index in [1.807, 2.05) is 37.3 Å². The van der Waals surface area contributed by atoms with Gasteiger partial charge in [0, 0.05) is 29.3 Å². The Kier molecular flexibility index (Phi) is 6.66.